The van der Waals surface area contributed by atoms with Crippen molar-refractivity contribution in [2.45, 2.75) is 19.4 Å². The molecule has 3 N–H and O–H groups in total. The molecule has 1 amide bonds. The van der Waals surface area contributed by atoms with Crippen molar-refractivity contribution in [2.24, 2.45) is 5.73 Å². The van der Waals surface area contributed by atoms with E-state index in [1.54, 1.807) is 12.1 Å². The van der Waals surface area contributed by atoms with Crippen LogP contribution in [0.4, 0.5) is 4.39 Å². The molecule has 1 atom stereocenters. The summed E-state index contributed by atoms with van der Waals surface area (Å²) in [4.78, 5) is 11.4. The highest BCUT2D eigenvalue weighted by atomic mass is 19.1. The summed E-state index contributed by atoms with van der Waals surface area (Å²) in [7, 11) is 0. The Morgan fingerprint density at radius 2 is 2.33 bits per heavy atom. The molecule has 0 bridgehead atoms. The SMILES string of the molecule is C[C@H](CN)NC(=O)Cc1cccc(F)c1. The maximum Gasteiger partial charge on any atom is 0.224 e. The molecule has 0 aromatic heterocycles. The van der Waals surface area contributed by atoms with Crippen LogP contribution in [0.25, 0.3) is 0 Å². The van der Waals surface area contributed by atoms with Crippen molar-refractivity contribution in [1.82, 2.24) is 5.32 Å². The predicted octanol–water partition coefficient (Wildman–Crippen LogP) is 0.832. The Morgan fingerprint density at radius 3 is 2.93 bits per heavy atom. The molecule has 4 heteroatoms. The van der Waals surface area contributed by atoms with Crippen LogP contribution in [0, 0.1) is 5.82 Å². The average molecular weight is 210 g/mol. The Morgan fingerprint density at radius 1 is 1.60 bits per heavy atom. The number of nitrogens with two attached hydrogens (primary N) is 1. The van der Waals surface area contributed by atoms with E-state index in [2.05, 4.69) is 5.32 Å². The van der Waals surface area contributed by atoms with Crippen molar-refractivity contribution in [3.05, 3.63) is 35.6 Å². The fourth-order valence-electron chi connectivity index (χ4n) is 1.22. The van der Waals surface area contributed by atoms with E-state index in [0.29, 0.717) is 12.1 Å². The number of nitrogens with one attached hydrogen (secondary N) is 1. The molecular formula is C11H15FN2O. The molecule has 82 valence electrons. The molecule has 0 radical (unpaired) electrons. The molecule has 0 fully saturated rings. The van der Waals surface area contributed by atoms with Crippen LogP contribution in [0.2, 0.25) is 0 Å². The van der Waals surface area contributed by atoms with Gasteiger partial charge >= 0.3 is 0 Å². The first-order valence-corrected chi connectivity index (χ1v) is 4.85. The van der Waals surface area contributed by atoms with Crippen LogP contribution in [0.15, 0.2) is 24.3 Å². The molecule has 1 rings (SSSR count). The van der Waals surface area contributed by atoms with E-state index in [1.807, 2.05) is 6.92 Å². The van der Waals surface area contributed by atoms with E-state index in [9.17, 15) is 9.18 Å². The lowest BCUT2D eigenvalue weighted by Gasteiger charge is -2.10. The van der Waals surface area contributed by atoms with Gasteiger partial charge in [-0.1, -0.05) is 12.1 Å². The Kier molecular flexibility index (Phi) is 4.24. The van der Waals surface area contributed by atoms with Gasteiger partial charge in [-0.15, -0.1) is 0 Å². The number of hydrogen-bond acceptors (Lipinski definition) is 2. The Hall–Kier alpha value is -1.42. The van der Waals surface area contributed by atoms with Crippen LogP contribution >= 0.6 is 0 Å². The minimum absolute atomic E-state index is 0.0499. The van der Waals surface area contributed by atoms with Crippen molar-refractivity contribution in [3.63, 3.8) is 0 Å². The van der Waals surface area contributed by atoms with Gasteiger partial charge in [-0.3, -0.25) is 4.79 Å². The highest BCUT2D eigenvalue weighted by molar-refractivity contribution is 5.78. The first-order valence-electron chi connectivity index (χ1n) is 4.85. The minimum Gasteiger partial charge on any atom is -0.352 e. The zero-order chi connectivity index (χ0) is 11.3. The monoisotopic (exact) mass is 210 g/mol. The van der Waals surface area contributed by atoms with E-state index in [4.69, 9.17) is 5.73 Å². The van der Waals surface area contributed by atoms with Gasteiger partial charge in [0, 0.05) is 12.6 Å². The van der Waals surface area contributed by atoms with Crippen LogP contribution in [0.5, 0.6) is 0 Å². The van der Waals surface area contributed by atoms with Crippen molar-refractivity contribution in [3.8, 4) is 0 Å². The zero-order valence-electron chi connectivity index (χ0n) is 8.66. The van der Waals surface area contributed by atoms with Crippen LogP contribution < -0.4 is 11.1 Å². The fraction of sp³-hybridized carbons (Fsp3) is 0.364. The molecule has 0 aliphatic rings. The van der Waals surface area contributed by atoms with Gasteiger partial charge in [0.2, 0.25) is 5.91 Å². The number of amides is 1. The summed E-state index contributed by atoms with van der Waals surface area (Å²) in [6, 6.07) is 5.96. The Labute approximate surface area is 88.5 Å². The van der Waals surface area contributed by atoms with Gasteiger partial charge in [0.15, 0.2) is 0 Å². The van der Waals surface area contributed by atoms with E-state index < -0.39 is 0 Å². The second-order valence-electron chi connectivity index (χ2n) is 3.51. The second kappa shape index (κ2) is 5.46. The molecule has 3 nitrogen and oxygen atoms in total. The lowest BCUT2D eigenvalue weighted by molar-refractivity contribution is -0.120. The maximum absolute atomic E-state index is 12.8. The largest absolute Gasteiger partial charge is 0.352 e. The van der Waals surface area contributed by atoms with Crippen LogP contribution in [0.1, 0.15) is 12.5 Å². The molecule has 0 saturated carbocycles. The van der Waals surface area contributed by atoms with Gasteiger partial charge in [-0.2, -0.15) is 0 Å². The summed E-state index contributed by atoms with van der Waals surface area (Å²) in [5, 5.41) is 2.71. The number of hydrogen-bond donors (Lipinski definition) is 2. The van der Waals surface area contributed by atoms with E-state index in [-0.39, 0.29) is 24.2 Å². The highest BCUT2D eigenvalue weighted by Crippen LogP contribution is 2.04. The summed E-state index contributed by atoms with van der Waals surface area (Å²) in [5.41, 5.74) is 6.03. The average Bonchev–Trinajstić information content (AvgIpc) is 2.17. The Balaban J connectivity index is 2.51. The molecule has 1 aromatic rings. The molecule has 0 saturated heterocycles. The molecule has 0 spiro atoms. The van der Waals surface area contributed by atoms with Gasteiger partial charge in [0.1, 0.15) is 5.82 Å². The van der Waals surface area contributed by atoms with Gasteiger partial charge in [0.25, 0.3) is 0 Å². The first kappa shape index (κ1) is 11.7. The number of halogens is 1. The topological polar surface area (TPSA) is 55.1 Å². The quantitative estimate of drug-likeness (QED) is 0.773. The van der Waals surface area contributed by atoms with Crippen molar-refractivity contribution >= 4 is 5.91 Å². The summed E-state index contributed by atoms with van der Waals surface area (Å²) < 4.78 is 12.8. The van der Waals surface area contributed by atoms with Crippen molar-refractivity contribution < 1.29 is 9.18 Å². The van der Waals surface area contributed by atoms with Gasteiger partial charge in [-0.25, -0.2) is 4.39 Å². The molecule has 0 aliphatic carbocycles. The summed E-state index contributed by atoms with van der Waals surface area (Å²) >= 11 is 0. The lowest BCUT2D eigenvalue weighted by Crippen LogP contribution is -2.38. The standard InChI is InChI=1S/C11H15FN2O/c1-8(7-13)14-11(15)6-9-3-2-4-10(12)5-9/h2-5,8H,6-7,13H2,1H3,(H,14,15)/t8-/m1/s1. The van der Waals surface area contributed by atoms with E-state index >= 15 is 0 Å². The van der Waals surface area contributed by atoms with Gasteiger partial charge in [0.05, 0.1) is 6.42 Å². The number of carbonyl (C=O) groups is 1. The second-order valence-corrected chi connectivity index (χ2v) is 3.51. The maximum atomic E-state index is 12.8. The molecule has 0 aliphatic heterocycles. The van der Waals surface area contributed by atoms with E-state index in [1.165, 1.54) is 12.1 Å². The van der Waals surface area contributed by atoms with Crippen LogP contribution in [0.3, 0.4) is 0 Å². The summed E-state index contributed by atoms with van der Waals surface area (Å²) in [6.45, 7) is 2.22. The molecule has 0 unspecified atom stereocenters. The lowest BCUT2D eigenvalue weighted by atomic mass is 10.1. The third-order valence-electron chi connectivity index (χ3n) is 2.01. The number of carbonyl (C=O) groups excluding carboxylic acids is 1. The van der Waals surface area contributed by atoms with Crippen molar-refractivity contribution in [1.29, 1.82) is 0 Å². The van der Waals surface area contributed by atoms with Crippen molar-refractivity contribution in [2.75, 3.05) is 6.54 Å². The van der Waals surface area contributed by atoms with Crippen LogP contribution in [-0.4, -0.2) is 18.5 Å². The Bertz CT molecular complexity index is 341. The number of rotatable bonds is 4. The minimum atomic E-state index is -0.327. The smallest absolute Gasteiger partial charge is 0.224 e. The highest BCUT2D eigenvalue weighted by Gasteiger charge is 2.06. The first-order chi connectivity index (χ1) is 7.11. The molecular weight excluding hydrogens is 195 g/mol. The molecule has 15 heavy (non-hydrogen) atoms. The predicted molar refractivity (Wildman–Crippen MR) is 56.8 cm³/mol. The summed E-state index contributed by atoms with van der Waals surface area (Å²) in [6.07, 6.45) is 0.183. The molecule has 0 heterocycles. The third-order valence-corrected chi connectivity index (χ3v) is 2.01. The normalized spacial score (nSPS) is 12.2. The van der Waals surface area contributed by atoms with Gasteiger partial charge < -0.3 is 11.1 Å². The number of benzene rings is 1. The molecule has 1 aromatic carbocycles. The fourth-order valence-corrected chi connectivity index (χ4v) is 1.22. The zero-order valence-corrected chi connectivity index (χ0v) is 8.66. The summed E-state index contributed by atoms with van der Waals surface area (Å²) in [5.74, 6) is -0.467. The van der Waals surface area contributed by atoms with E-state index in [0.717, 1.165) is 0 Å². The third kappa shape index (κ3) is 4.08. The van der Waals surface area contributed by atoms with Gasteiger partial charge in [-0.05, 0) is 24.6 Å². The van der Waals surface area contributed by atoms with Crippen LogP contribution in [-0.2, 0) is 11.2 Å².